The van der Waals surface area contributed by atoms with Crippen molar-refractivity contribution in [2.75, 3.05) is 33.7 Å². The van der Waals surface area contributed by atoms with Gasteiger partial charge in [-0.2, -0.15) is 0 Å². The topological polar surface area (TPSA) is 26.7 Å². The molecule has 0 saturated carbocycles. The Labute approximate surface area is 138 Å². The van der Waals surface area contributed by atoms with Crippen LogP contribution >= 0.6 is 31.9 Å². The number of benzene rings is 1. The first-order valence-corrected chi connectivity index (χ1v) is 8.58. The second-order valence-electron chi connectivity index (χ2n) is 5.85. The van der Waals surface area contributed by atoms with Gasteiger partial charge in [0.2, 0.25) is 0 Å². The zero-order chi connectivity index (χ0) is 14.7. The predicted octanol–water partition coefficient (Wildman–Crippen LogP) is 3.69. The van der Waals surface area contributed by atoms with Crippen LogP contribution in [0.3, 0.4) is 0 Å². The van der Waals surface area contributed by atoms with Gasteiger partial charge in [0.1, 0.15) is 5.75 Å². The van der Waals surface area contributed by atoms with Gasteiger partial charge in [-0.1, -0.05) is 0 Å². The fourth-order valence-electron chi connectivity index (χ4n) is 2.77. The molecule has 1 aromatic carbocycles. The molecule has 0 radical (unpaired) electrons. The molecule has 0 aliphatic carbocycles. The van der Waals surface area contributed by atoms with Gasteiger partial charge in [-0.25, -0.2) is 0 Å². The second kappa shape index (κ2) is 7.25. The van der Waals surface area contributed by atoms with Crippen LogP contribution < -0.4 is 0 Å². The van der Waals surface area contributed by atoms with Gasteiger partial charge in [0, 0.05) is 13.1 Å². The summed E-state index contributed by atoms with van der Waals surface area (Å²) in [6.07, 6.45) is 2.59. The Morgan fingerprint density at radius 2 is 1.80 bits per heavy atom. The fourth-order valence-corrected chi connectivity index (χ4v) is 4.05. The lowest BCUT2D eigenvalue weighted by atomic mass is 9.96. The van der Waals surface area contributed by atoms with Crippen LogP contribution in [0, 0.1) is 5.92 Å². The van der Waals surface area contributed by atoms with Crippen molar-refractivity contribution in [2.24, 2.45) is 5.92 Å². The molecule has 3 nitrogen and oxygen atoms in total. The maximum absolute atomic E-state index is 9.74. The van der Waals surface area contributed by atoms with Crippen LogP contribution in [0.1, 0.15) is 18.4 Å². The molecule has 20 heavy (non-hydrogen) atoms. The van der Waals surface area contributed by atoms with E-state index in [-0.39, 0.29) is 5.75 Å². The molecule has 1 aliphatic rings. The van der Waals surface area contributed by atoms with Crippen LogP contribution in [0.2, 0.25) is 0 Å². The monoisotopic (exact) mass is 404 g/mol. The van der Waals surface area contributed by atoms with Crippen LogP contribution in [0.15, 0.2) is 21.1 Å². The SMILES string of the molecule is CN1CCC(CN(C)Cc2cc(Br)c(O)c(Br)c2)CC1. The maximum atomic E-state index is 9.74. The van der Waals surface area contributed by atoms with Gasteiger partial charge in [-0.05, 0) is 95.5 Å². The molecule has 0 unspecified atom stereocenters. The Bertz CT molecular complexity index is 436. The van der Waals surface area contributed by atoms with Gasteiger partial charge in [-0.15, -0.1) is 0 Å². The largest absolute Gasteiger partial charge is 0.506 e. The van der Waals surface area contributed by atoms with E-state index >= 15 is 0 Å². The molecule has 1 aliphatic heterocycles. The molecule has 1 fully saturated rings. The van der Waals surface area contributed by atoms with E-state index in [9.17, 15) is 5.11 Å². The van der Waals surface area contributed by atoms with Gasteiger partial charge in [-0.3, -0.25) is 0 Å². The smallest absolute Gasteiger partial charge is 0.143 e. The van der Waals surface area contributed by atoms with Crippen LogP contribution in [0.5, 0.6) is 5.75 Å². The lowest BCUT2D eigenvalue weighted by Crippen LogP contribution is -2.35. The first-order chi connectivity index (χ1) is 9.45. The van der Waals surface area contributed by atoms with Crippen LogP contribution in [0.4, 0.5) is 0 Å². The third-order valence-electron chi connectivity index (χ3n) is 3.94. The molecule has 112 valence electrons. The summed E-state index contributed by atoms with van der Waals surface area (Å²) in [7, 11) is 4.37. The number of nitrogens with zero attached hydrogens (tertiary/aromatic N) is 2. The summed E-state index contributed by atoms with van der Waals surface area (Å²) in [6, 6.07) is 3.98. The Balaban J connectivity index is 1.89. The lowest BCUT2D eigenvalue weighted by Gasteiger charge is -2.31. The average molecular weight is 406 g/mol. The number of halogens is 2. The molecular formula is C15H22Br2N2O. The molecule has 0 amide bonds. The van der Waals surface area contributed by atoms with Gasteiger partial charge >= 0.3 is 0 Å². The third-order valence-corrected chi connectivity index (χ3v) is 5.15. The van der Waals surface area contributed by atoms with Crippen molar-refractivity contribution < 1.29 is 5.11 Å². The highest BCUT2D eigenvalue weighted by atomic mass is 79.9. The van der Waals surface area contributed by atoms with Crippen molar-refractivity contribution in [2.45, 2.75) is 19.4 Å². The zero-order valence-corrected chi connectivity index (χ0v) is 15.2. The molecule has 1 saturated heterocycles. The van der Waals surface area contributed by atoms with Crippen molar-refractivity contribution in [3.63, 3.8) is 0 Å². The first kappa shape index (κ1) is 16.3. The summed E-state index contributed by atoms with van der Waals surface area (Å²) >= 11 is 6.78. The molecule has 5 heteroatoms. The molecule has 0 atom stereocenters. The molecule has 1 heterocycles. The van der Waals surface area contributed by atoms with Crippen molar-refractivity contribution in [3.05, 3.63) is 26.6 Å². The van der Waals surface area contributed by atoms with Gasteiger partial charge in [0.05, 0.1) is 8.95 Å². The van der Waals surface area contributed by atoms with Crippen LogP contribution in [0.25, 0.3) is 0 Å². The van der Waals surface area contributed by atoms with E-state index in [4.69, 9.17) is 0 Å². The standard InChI is InChI=1S/C15H22Br2N2O/c1-18-5-3-11(4-6-18)9-19(2)10-12-7-13(16)15(20)14(17)8-12/h7-8,11,20H,3-6,9-10H2,1-2H3. The third kappa shape index (κ3) is 4.45. The van der Waals surface area contributed by atoms with Crippen molar-refractivity contribution in [1.29, 1.82) is 0 Å². The highest BCUT2D eigenvalue weighted by Gasteiger charge is 2.18. The number of likely N-dealkylation sites (tertiary alicyclic amines) is 1. The van der Waals surface area contributed by atoms with E-state index in [1.54, 1.807) is 0 Å². The van der Waals surface area contributed by atoms with E-state index in [0.717, 1.165) is 28.0 Å². The Kier molecular flexibility index (Phi) is 5.90. The maximum Gasteiger partial charge on any atom is 0.143 e. The second-order valence-corrected chi connectivity index (χ2v) is 7.56. The molecule has 0 spiro atoms. The summed E-state index contributed by atoms with van der Waals surface area (Å²) in [5, 5.41) is 9.74. The average Bonchev–Trinajstić information content (AvgIpc) is 2.38. The van der Waals surface area contributed by atoms with Crippen LogP contribution in [-0.4, -0.2) is 48.6 Å². The fraction of sp³-hybridized carbons (Fsp3) is 0.600. The normalized spacial score (nSPS) is 17.9. The summed E-state index contributed by atoms with van der Waals surface area (Å²) in [5.74, 6) is 1.08. The summed E-state index contributed by atoms with van der Waals surface area (Å²) in [5.41, 5.74) is 1.21. The van der Waals surface area contributed by atoms with Gasteiger partial charge < -0.3 is 14.9 Å². The quantitative estimate of drug-likeness (QED) is 0.827. The lowest BCUT2D eigenvalue weighted by molar-refractivity contribution is 0.173. The first-order valence-electron chi connectivity index (χ1n) is 6.99. The predicted molar refractivity (Wildman–Crippen MR) is 90.1 cm³/mol. The van der Waals surface area contributed by atoms with Gasteiger partial charge in [0.25, 0.3) is 0 Å². The zero-order valence-electron chi connectivity index (χ0n) is 12.1. The molecular weight excluding hydrogens is 384 g/mol. The van der Waals surface area contributed by atoms with E-state index in [0.29, 0.717) is 0 Å². The summed E-state index contributed by atoms with van der Waals surface area (Å²) in [6.45, 7) is 4.48. The van der Waals surface area contributed by atoms with Crippen LogP contribution in [-0.2, 0) is 6.54 Å². The van der Waals surface area contributed by atoms with E-state index in [1.165, 1.54) is 31.5 Å². The van der Waals surface area contributed by atoms with Crippen molar-refractivity contribution in [1.82, 2.24) is 9.80 Å². The minimum Gasteiger partial charge on any atom is -0.506 e. The Morgan fingerprint density at radius 3 is 2.35 bits per heavy atom. The number of phenolic OH excluding ortho intramolecular Hbond substituents is 1. The van der Waals surface area contributed by atoms with Crippen molar-refractivity contribution in [3.8, 4) is 5.75 Å². The number of hydrogen-bond donors (Lipinski definition) is 1. The Hall–Kier alpha value is -0.100. The molecule has 0 bridgehead atoms. The summed E-state index contributed by atoms with van der Waals surface area (Å²) < 4.78 is 1.49. The summed E-state index contributed by atoms with van der Waals surface area (Å²) in [4.78, 5) is 4.78. The number of piperidine rings is 1. The number of aromatic hydroxyl groups is 1. The highest BCUT2D eigenvalue weighted by Crippen LogP contribution is 2.33. The molecule has 1 aromatic rings. The van der Waals surface area contributed by atoms with Crippen molar-refractivity contribution >= 4 is 31.9 Å². The minimum atomic E-state index is 0.270. The van der Waals surface area contributed by atoms with E-state index in [2.05, 4.69) is 55.8 Å². The number of phenols is 1. The molecule has 1 N–H and O–H groups in total. The van der Waals surface area contributed by atoms with E-state index < -0.39 is 0 Å². The molecule has 0 aromatic heterocycles. The van der Waals surface area contributed by atoms with Gasteiger partial charge in [0.15, 0.2) is 0 Å². The highest BCUT2D eigenvalue weighted by molar-refractivity contribution is 9.11. The van der Waals surface area contributed by atoms with E-state index in [1.807, 2.05) is 12.1 Å². The Morgan fingerprint density at radius 1 is 1.25 bits per heavy atom. The molecule has 2 rings (SSSR count). The number of rotatable bonds is 4. The minimum absolute atomic E-state index is 0.270. The number of hydrogen-bond acceptors (Lipinski definition) is 3.